The lowest BCUT2D eigenvalue weighted by Crippen LogP contribution is -2.44. The third kappa shape index (κ3) is 5.06. The highest BCUT2D eigenvalue weighted by molar-refractivity contribution is 5.74. The van der Waals surface area contributed by atoms with Crippen LogP contribution in [-0.2, 0) is 14.3 Å². The van der Waals surface area contributed by atoms with Crippen molar-refractivity contribution in [2.45, 2.75) is 38.5 Å². The molecule has 0 bridgehead atoms. The molecule has 0 aromatic heterocycles. The average molecular weight is 275 g/mol. The molecule has 0 aromatic carbocycles. The summed E-state index contributed by atoms with van der Waals surface area (Å²) in [5.74, 6) is -0.691. The van der Waals surface area contributed by atoms with Crippen molar-refractivity contribution in [3.63, 3.8) is 0 Å². The van der Waals surface area contributed by atoms with Crippen LogP contribution in [0.1, 0.15) is 20.3 Å². The van der Waals surface area contributed by atoms with E-state index in [4.69, 9.17) is 9.47 Å². The van der Waals surface area contributed by atoms with Gasteiger partial charge in [-0.2, -0.15) is 0 Å². The summed E-state index contributed by atoms with van der Waals surface area (Å²) in [5, 5.41) is 19.1. The van der Waals surface area contributed by atoms with E-state index < -0.39 is 18.1 Å². The zero-order valence-corrected chi connectivity index (χ0v) is 11.9. The maximum Gasteiger partial charge on any atom is 0.321 e. The van der Waals surface area contributed by atoms with Gasteiger partial charge in [-0.15, -0.1) is 0 Å². The van der Waals surface area contributed by atoms with Gasteiger partial charge in [-0.05, 0) is 25.8 Å². The first-order valence-corrected chi connectivity index (χ1v) is 6.71. The van der Waals surface area contributed by atoms with Crippen molar-refractivity contribution >= 4 is 5.97 Å². The van der Waals surface area contributed by atoms with E-state index in [1.807, 2.05) is 18.7 Å². The molecule has 0 aromatic rings. The Morgan fingerprint density at radius 3 is 2.74 bits per heavy atom. The number of methoxy groups -OCH3 is 1. The summed E-state index contributed by atoms with van der Waals surface area (Å²) in [6, 6.07) is -0.494. The van der Waals surface area contributed by atoms with Crippen molar-refractivity contribution in [3.05, 3.63) is 0 Å². The fourth-order valence-electron chi connectivity index (χ4n) is 2.51. The number of carboxylic acids is 1. The lowest BCUT2D eigenvalue weighted by molar-refractivity contribution is -0.144. The number of aliphatic hydroxyl groups excluding tert-OH is 1. The Bertz CT molecular complexity index is 286. The van der Waals surface area contributed by atoms with Crippen LogP contribution >= 0.6 is 0 Å². The predicted molar refractivity (Wildman–Crippen MR) is 70.1 cm³/mol. The molecule has 1 heterocycles. The van der Waals surface area contributed by atoms with Gasteiger partial charge in [0.15, 0.2) is 0 Å². The second-order valence-corrected chi connectivity index (χ2v) is 5.30. The summed E-state index contributed by atoms with van der Waals surface area (Å²) in [4.78, 5) is 13.0. The molecule has 0 spiro atoms. The van der Waals surface area contributed by atoms with Gasteiger partial charge in [0.2, 0.25) is 0 Å². The summed E-state index contributed by atoms with van der Waals surface area (Å²) < 4.78 is 10.4. The smallest absolute Gasteiger partial charge is 0.321 e. The van der Waals surface area contributed by atoms with Crippen LogP contribution in [0.3, 0.4) is 0 Å². The van der Waals surface area contributed by atoms with Gasteiger partial charge < -0.3 is 19.7 Å². The van der Waals surface area contributed by atoms with Crippen LogP contribution in [0, 0.1) is 5.92 Å². The number of aliphatic hydroxyl groups is 1. The Labute approximate surface area is 114 Å². The van der Waals surface area contributed by atoms with Gasteiger partial charge in [0.1, 0.15) is 6.04 Å². The second-order valence-electron chi connectivity index (χ2n) is 5.30. The Balaban J connectivity index is 2.35. The topological polar surface area (TPSA) is 79.2 Å². The van der Waals surface area contributed by atoms with Gasteiger partial charge >= 0.3 is 5.97 Å². The quantitative estimate of drug-likeness (QED) is 0.658. The first kappa shape index (κ1) is 16.4. The molecule has 0 amide bonds. The predicted octanol–water partition coefficient (Wildman–Crippen LogP) is 0.194. The van der Waals surface area contributed by atoms with E-state index >= 15 is 0 Å². The van der Waals surface area contributed by atoms with Crippen molar-refractivity contribution in [1.82, 2.24) is 4.90 Å². The van der Waals surface area contributed by atoms with Gasteiger partial charge in [0, 0.05) is 13.7 Å². The van der Waals surface area contributed by atoms with Crippen molar-refractivity contribution in [2.75, 3.05) is 33.4 Å². The van der Waals surface area contributed by atoms with Gasteiger partial charge in [-0.1, -0.05) is 6.92 Å². The average Bonchev–Trinajstić information content (AvgIpc) is 2.68. The van der Waals surface area contributed by atoms with E-state index in [1.54, 1.807) is 7.11 Å². The van der Waals surface area contributed by atoms with Gasteiger partial charge in [0.05, 0.1) is 25.4 Å². The zero-order valence-electron chi connectivity index (χ0n) is 11.9. The molecule has 4 atom stereocenters. The maximum absolute atomic E-state index is 11.2. The van der Waals surface area contributed by atoms with E-state index in [0.717, 1.165) is 6.42 Å². The van der Waals surface area contributed by atoms with Crippen LogP contribution in [0.2, 0.25) is 0 Å². The summed E-state index contributed by atoms with van der Waals surface area (Å²) in [6.07, 6.45) is 0.101. The third-order valence-electron chi connectivity index (χ3n) is 3.48. The monoisotopic (exact) mass is 275 g/mol. The molecule has 1 aliphatic rings. The largest absolute Gasteiger partial charge is 0.480 e. The number of carboxylic acid groups (broad SMARTS) is 1. The number of rotatable bonds is 8. The number of carbonyl (C=O) groups is 1. The molecule has 0 saturated carbocycles. The first-order valence-electron chi connectivity index (χ1n) is 6.71. The van der Waals surface area contributed by atoms with Crippen molar-refractivity contribution < 1.29 is 24.5 Å². The Morgan fingerprint density at radius 2 is 2.16 bits per heavy atom. The highest BCUT2D eigenvalue weighted by Crippen LogP contribution is 2.24. The number of hydrogen-bond donors (Lipinski definition) is 2. The van der Waals surface area contributed by atoms with E-state index in [-0.39, 0.29) is 18.6 Å². The minimum absolute atomic E-state index is 0.0765. The van der Waals surface area contributed by atoms with Crippen LogP contribution < -0.4 is 0 Å². The molecule has 1 fully saturated rings. The van der Waals surface area contributed by atoms with Gasteiger partial charge in [-0.3, -0.25) is 9.69 Å². The van der Waals surface area contributed by atoms with Crippen LogP contribution in [-0.4, -0.2) is 72.7 Å². The van der Waals surface area contributed by atoms with E-state index in [0.29, 0.717) is 19.7 Å². The van der Waals surface area contributed by atoms with Crippen LogP contribution in [0.25, 0.3) is 0 Å². The van der Waals surface area contributed by atoms with Crippen LogP contribution in [0.5, 0.6) is 0 Å². The highest BCUT2D eigenvalue weighted by Gasteiger charge is 2.37. The molecule has 2 N–H and O–H groups in total. The molecule has 4 unspecified atom stereocenters. The molecule has 1 saturated heterocycles. The van der Waals surface area contributed by atoms with Crippen LogP contribution in [0.15, 0.2) is 0 Å². The highest BCUT2D eigenvalue weighted by atomic mass is 16.5. The lowest BCUT2D eigenvalue weighted by Gasteiger charge is -2.26. The number of β-amino-alcohol motifs (C(OH)–C–C–N with tert-alkyl or cyclic N) is 1. The van der Waals surface area contributed by atoms with Crippen molar-refractivity contribution in [2.24, 2.45) is 5.92 Å². The molecule has 1 rings (SSSR count). The molecular weight excluding hydrogens is 250 g/mol. The van der Waals surface area contributed by atoms with E-state index in [1.165, 1.54) is 0 Å². The molecule has 6 heteroatoms. The van der Waals surface area contributed by atoms with Crippen molar-refractivity contribution in [3.8, 4) is 0 Å². The number of hydrogen-bond acceptors (Lipinski definition) is 5. The summed E-state index contributed by atoms with van der Waals surface area (Å²) in [5.41, 5.74) is 0. The SMILES string of the molecule is COCC(C)OCC(O)CN1CCC(C)C1C(=O)O. The second kappa shape index (κ2) is 7.79. The Hall–Kier alpha value is -0.690. The lowest BCUT2D eigenvalue weighted by atomic mass is 10.0. The summed E-state index contributed by atoms with van der Waals surface area (Å²) in [7, 11) is 1.60. The van der Waals surface area contributed by atoms with Gasteiger partial charge in [-0.25, -0.2) is 0 Å². The maximum atomic E-state index is 11.2. The summed E-state index contributed by atoms with van der Waals surface area (Å²) >= 11 is 0. The fraction of sp³-hybridized carbons (Fsp3) is 0.923. The number of nitrogens with zero attached hydrogens (tertiary/aromatic N) is 1. The number of aliphatic carboxylic acids is 1. The molecule has 0 aliphatic carbocycles. The summed E-state index contributed by atoms with van der Waals surface area (Å²) in [6.45, 7) is 5.52. The first-order chi connectivity index (χ1) is 8.95. The molecule has 6 nitrogen and oxygen atoms in total. The van der Waals surface area contributed by atoms with E-state index in [9.17, 15) is 15.0 Å². The molecule has 19 heavy (non-hydrogen) atoms. The molecule has 112 valence electrons. The minimum Gasteiger partial charge on any atom is -0.480 e. The number of ether oxygens (including phenoxy) is 2. The number of likely N-dealkylation sites (tertiary alicyclic amines) is 1. The normalized spacial score (nSPS) is 27.4. The van der Waals surface area contributed by atoms with Crippen LogP contribution in [0.4, 0.5) is 0 Å². The molecular formula is C13H25NO5. The fourth-order valence-corrected chi connectivity index (χ4v) is 2.51. The zero-order chi connectivity index (χ0) is 14.4. The minimum atomic E-state index is -0.814. The van der Waals surface area contributed by atoms with E-state index in [2.05, 4.69) is 0 Å². The standard InChI is InChI=1S/C13H25NO5/c1-9-4-5-14(12(9)13(16)17)6-11(15)8-19-10(2)7-18-3/h9-12,15H,4-8H2,1-3H3,(H,16,17). The molecule has 0 radical (unpaired) electrons. The van der Waals surface area contributed by atoms with Crippen molar-refractivity contribution in [1.29, 1.82) is 0 Å². The van der Waals surface area contributed by atoms with Gasteiger partial charge in [0.25, 0.3) is 0 Å². The molecule has 1 aliphatic heterocycles. The third-order valence-corrected chi connectivity index (χ3v) is 3.48. The Kier molecular flexibility index (Phi) is 6.71. The Morgan fingerprint density at radius 1 is 1.47 bits per heavy atom.